The van der Waals surface area contributed by atoms with Gasteiger partial charge in [-0.1, -0.05) is 60.1 Å². The van der Waals surface area contributed by atoms with E-state index in [2.05, 4.69) is 41.9 Å². The second-order valence-corrected chi connectivity index (χ2v) is 6.13. The van der Waals surface area contributed by atoms with Gasteiger partial charge in [0.25, 0.3) is 0 Å². The molecule has 2 aromatic heterocycles. The molecule has 4 aromatic rings. The third-order valence-electron chi connectivity index (χ3n) is 3.80. The van der Waals surface area contributed by atoms with Crippen molar-refractivity contribution in [3.63, 3.8) is 0 Å². The molecule has 124 valence electrons. The number of rotatable bonds is 2. The van der Waals surface area contributed by atoms with Crippen molar-refractivity contribution in [1.29, 1.82) is 0 Å². The van der Waals surface area contributed by atoms with E-state index in [1.807, 2.05) is 36.4 Å². The molecule has 2 aromatic carbocycles. The van der Waals surface area contributed by atoms with Gasteiger partial charge in [0, 0.05) is 29.0 Å². The predicted molar refractivity (Wildman–Crippen MR) is 103 cm³/mol. The fourth-order valence-electron chi connectivity index (χ4n) is 2.59. The predicted octanol–water partition coefficient (Wildman–Crippen LogP) is 5.82. The van der Waals surface area contributed by atoms with Gasteiger partial charge < -0.3 is 4.40 Å². The molecular weight excluding hydrogens is 330 g/mol. The normalized spacial score (nSPS) is 10.2. The average molecular weight is 348 g/mol. The molecule has 2 heterocycles. The van der Waals surface area contributed by atoms with E-state index in [-0.39, 0.29) is 5.78 Å². The van der Waals surface area contributed by atoms with Crippen LogP contribution in [-0.4, -0.2) is 10.2 Å². The molecule has 25 heavy (non-hydrogen) atoms. The maximum Gasteiger partial charge on any atom is 0.194 e. The summed E-state index contributed by atoms with van der Waals surface area (Å²) in [4.78, 5) is 12.0. The quantitative estimate of drug-likeness (QED) is 0.419. The third-order valence-corrected chi connectivity index (χ3v) is 4.13. The van der Waals surface area contributed by atoms with Crippen LogP contribution in [-0.2, 0) is 0 Å². The molecule has 4 rings (SSSR count). The first-order valence-corrected chi connectivity index (χ1v) is 8.40. The first kappa shape index (κ1) is 17.0. The van der Waals surface area contributed by atoms with Crippen LogP contribution in [0.1, 0.15) is 21.5 Å². The number of hydrogen-bond donors (Lipinski definition) is 0. The molecule has 0 saturated carbocycles. The maximum atomic E-state index is 12.0. The van der Waals surface area contributed by atoms with Crippen LogP contribution in [0.3, 0.4) is 0 Å². The Labute approximate surface area is 152 Å². The molecule has 2 nitrogen and oxygen atoms in total. The van der Waals surface area contributed by atoms with E-state index in [1.165, 1.54) is 11.1 Å². The number of halogens is 1. The van der Waals surface area contributed by atoms with Crippen LogP contribution in [0, 0.1) is 6.92 Å². The van der Waals surface area contributed by atoms with E-state index < -0.39 is 0 Å². The summed E-state index contributed by atoms with van der Waals surface area (Å²) in [5.74, 6) is -0.0406. The summed E-state index contributed by atoms with van der Waals surface area (Å²) in [5.41, 5.74) is 3.78. The molecule has 0 amide bonds. The lowest BCUT2D eigenvalue weighted by Crippen LogP contribution is -2.01. The number of pyridine rings is 1. The van der Waals surface area contributed by atoms with Gasteiger partial charge in [0.15, 0.2) is 5.78 Å². The van der Waals surface area contributed by atoms with Crippen molar-refractivity contribution < 1.29 is 4.79 Å². The molecule has 0 aliphatic rings. The lowest BCUT2D eigenvalue weighted by molar-refractivity contribution is 0.103. The number of aromatic nitrogens is 1. The summed E-state index contributed by atoms with van der Waals surface area (Å²) < 4.78 is 2.12. The molecule has 0 radical (unpaired) electrons. The Morgan fingerprint density at radius 3 is 2.28 bits per heavy atom. The average Bonchev–Trinajstić information content (AvgIpc) is 3.03. The van der Waals surface area contributed by atoms with Gasteiger partial charge in [-0.3, -0.25) is 4.79 Å². The number of fused-ring (bicyclic) bond motifs is 1. The van der Waals surface area contributed by atoms with Gasteiger partial charge in [-0.15, -0.1) is 0 Å². The highest BCUT2D eigenvalue weighted by molar-refractivity contribution is 6.34. The number of aryl methyl sites for hydroxylation is 1. The number of hydrogen-bond acceptors (Lipinski definition) is 1. The smallest absolute Gasteiger partial charge is 0.194 e. The van der Waals surface area contributed by atoms with Crippen LogP contribution in [0.25, 0.3) is 5.52 Å². The summed E-state index contributed by atoms with van der Waals surface area (Å²) in [6.07, 6.45) is 4.18. The molecule has 0 bridgehead atoms. The van der Waals surface area contributed by atoms with Crippen molar-refractivity contribution in [1.82, 2.24) is 4.40 Å². The SMILES string of the molecule is Cc1cc2ccccn2c1.O=C(c1ccccc1)c1ccccc1Cl. The number of nitrogens with zero attached hydrogens (tertiary/aromatic N) is 1. The van der Waals surface area contributed by atoms with E-state index in [4.69, 9.17) is 11.6 Å². The minimum absolute atomic E-state index is 0.0406. The van der Waals surface area contributed by atoms with Crippen LogP contribution >= 0.6 is 11.6 Å². The minimum atomic E-state index is -0.0406. The zero-order valence-electron chi connectivity index (χ0n) is 13.9. The highest BCUT2D eigenvalue weighted by Crippen LogP contribution is 2.18. The molecule has 0 N–H and O–H groups in total. The Hall–Kier alpha value is -2.84. The Kier molecular flexibility index (Phi) is 5.32. The molecule has 0 saturated heterocycles. The highest BCUT2D eigenvalue weighted by Gasteiger charge is 2.10. The Bertz CT molecular complexity index is 956. The van der Waals surface area contributed by atoms with E-state index >= 15 is 0 Å². The van der Waals surface area contributed by atoms with Crippen LogP contribution in [0.4, 0.5) is 0 Å². The number of carbonyl (C=O) groups excluding carboxylic acids is 1. The molecule has 0 atom stereocenters. The summed E-state index contributed by atoms with van der Waals surface area (Å²) in [5, 5.41) is 0.492. The maximum absolute atomic E-state index is 12.0. The number of ketones is 1. The van der Waals surface area contributed by atoms with Crippen molar-refractivity contribution >= 4 is 22.9 Å². The highest BCUT2D eigenvalue weighted by atomic mass is 35.5. The molecule has 0 spiro atoms. The first-order valence-electron chi connectivity index (χ1n) is 8.03. The van der Waals surface area contributed by atoms with Crippen LogP contribution in [0.2, 0.25) is 5.02 Å². The summed E-state index contributed by atoms with van der Waals surface area (Å²) in [6, 6.07) is 24.5. The second-order valence-electron chi connectivity index (χ2n) is 5.73. The summed E-state index contributed by atoms with van der Waals surface area (Å²) in [6.45, 7) is 2.10. The van der Waals surface area contributed by atoms with Crippen molar-refractivity contribution in [2.75, 3.05) is 0 Å². The van der Waals surface area contributed by atoms with Gasteiger partial charge in [-0.25, -0.2) is 0 Å². The van der Waals surface area contributed by atoms with Crippen molar-refractivity contribution in [3.05, 3.63) is 113 Å². The van der Waals surface area contributed by atoms with E-state index in [1.54, 1.807) is 24.3 Å². The van der Waals surface area contributed by atoms with E-state index in [9.17, 15) is 4.79 Å². The first-order chi connectivity index (χ1) is 12.1. The van der Waals surface area contributed by atoms with E-state index in [0.717, 1.165) is 0 Å². The minimum Gasteiger partial charge on any atom is -0.324 e. The molecule has 0 aliphatic heterocycles. The largest absolute Gasteiger partial charge is 0.324 e. The fraction of sp³-hybridized carbons (Fsp3) is 0.0455. The van der Waals surface area contributed by atoms with Gasteiger partial charge in [-0.2, -0.15) is 0 Å². The number of carbonyl (C=O) groups is 1. The molecule has 0 aliphatic carbocycles. The molecule has 3 heteroatoms. The fourth-order valence-corrected chi connectivity index (χ4v) is 2.81. The molecular formula is C22H18ClNO. The number of benzene rings is 2. The summed E-state index contributed by atoms with van der Waals surface area (Å²) >= 11 is 5.95. The second kappa shape index (κ2) is 7.82. The van der Waals surface area contributed by atoms with E-state index in [0.29, 0.717) is 16.1 Å². The Morgan fingerprint density at radius 2 is 1.56 bits per heavy atom. The van der Waals surface area contributed by atoms with Crippen LogP contribution in [0.5, 0.6) is 0 Å². The lowest BCUT2D eigenvalue weighted by atomic mass is 10.0. The standard InChI is InChI=1S/C13H9ClO.C9H9N/c14-12-9-5-4-8-11(12)13(15)10-6-2-1-3-7-10;1-8-6-9-4-2-3-5-10(9)7-8/h1-9H;2-7H,1H3. The monoisotopic (exact) mass is 347 g/mol. The van der Waals surface area contributed by atoms with Gasteiger partial charge in [0.2, 0.25) is 0 Å². The van der Waals surface area contributed by atoms with Gasteiger partial charge >= 0.3 is 0 Å². The van der Waals surface area contributed by atoms with Gasteiger partial charge in [0.1, 0.15) is 0 Å². The van der Waals surface area contributed by atoms with Crippen LogP contribution in [0.15, 0.2) is 91.3 Å². The van der Waals surface area contributed by atoms with Crippen molar-refractivity contribution in [3.8, 4) is 0 Å². The van der Waals surface area contributed by atoms with Crippen LogP contribution < -0.4 is 0 Å². The van der Waals surface area contributed by atoms with Gasteiger partial charge in [-0.05, 0) is 42.8 Å². The third kappa shape index (κ3) is 4.17. The Balaban J connectivity index is 0.000000157. The van der Waals surface area contributed by atoms with Crippen molar-refractivity contribution in [2.24, 2.45) is 0 Å². The lowest BCUT2D eigenvalue weighted by Gasteiger charge is -2.02. The summed E-state index contributed by atoms with van der Waals surface area (Å²) in [7, 11) is 0. The van der Waals surface area contributed by atoms with Crippen molar-refractivity contribution in [2.45, 2.75) is 6.92 Å². The topological polar surface area (TPSA) is 21.5 Å². The Morgan fingerprint density at radius 1 is 0.880 bits per heavy atom. The van der Waals surface area contributed by atoms with Gasteiger partial charge in [0.05, 0.1) is 5.02 Å². The molecule has 0 fully saturated rings. The zero-order valence-corrected chi connectivity index (χ0v) is 14.6. The zero-order chi connectivity index (χ0) is 17.6. The molecule has 0 unspecified atom stereocenters.